The zero-order valence-electron chi connectivity index (χ0n) is 17.9. The van der Waals surface area contributed by atoms with Crippen molar-refractivity contribution in [3.63, 3.8) is 0 Å². The van der Waals surface area contributed by atoms with E-state index in [0.29, 0.717) is 0 Å². The summed E-state index contributed by atoms with van der Waals surface area (Å²) < 4.78 is 5.56. The summed E-state index contributed by atoms with van der Waals surface area (Å²) in [5.74, 6) is 0.0374. The van der Waals surface area contributed by atoms with Crippen LogP contribution in [0.1, 0.15) is 62.5 Å². The molecule has 1 heterocycles. The van der Waals surface area contributed by atoms with E-state index in [-0.39, 0.29) is 5.92 Å². The molecule has 0 saturated carbocycles. The topological polar surface area (TPSA) is 32.7 Å². The number of benzene rings is 2. The Balaban J connectivity index is 1.88. The minimum atomic E-state index is -0.868. The summed E-state index contributed by atoms with van der Waals surface area (Å²) in [6.07, 6.45) is 6.80. The van der Waals surface area contributed by atoms with Gasteiger partial charge in [0.05, 0.1) is 18.8 Å². The van der Waals surface area contributed by atoms with E-state index in [0.717, 1.165) is 51.3 Å². The predicted molar refractivity (Wildman–Crippen MR) is 120 cm³/mol. The molecule has 1 aliphatic rings. The number of rotatable bonds is 11. The number of unbranched alkanes of at least 4 members (excludes halogenated alkanes) is 4. The van der Waals surface area contributed by atoms with Gasteiger partial charge in [0.15, 0.2) is 0 Å². The van der Waals surface area contributed by atoms with Gasteiger partial charge < -0.3 is 9.84 Å². The van der Waals surface area contributed by atoms with Crippen LogP contribution < -0.4 is 0 Å². The fourth-order valence-corrected chi connectivity index (χ4v) is 4.50. The third-order valence-electron chi connectivity index (χ3n) is 6.26. The van der Waals surface area contributed by atoms with Crippen molar-refractivity contribution in [1.29, 1.82) is 0 Å². The lowest BCUT2D eigenvalue weighted by atomic mass is 9.74. The Hall–Kier alpha value is -1.68. The lowest BCUT2D eigenvalue weighted by Crippen LogP contribution is -2.45. The molecular weight excluding hydrogens is 358 g/mol. The van der Waals surface area contributed by atoms with Crippen LogP contribution in [0, 0.1) is 0 Å². The van der Waals surface area contributed by atoms with Crippen LogP contribution in [0.3, 0.4) is 0 Å². The average molecular weight is 396 g/mol. The van der Waals surface area contributed by atoms with Crippen molar-refractivity contribution in [3.8, 4) is 0 Å². The SMILES string of the molecule is CCCCCCC[C@](O)(c1ccccc1)[C@@H](CN1CCOCC1)c1ccccc1. The van der Waals surface area contributed by atoms with Gasteiger partial charge in [0.2, 0.25) is 0 Å². The predicted octanol–water partition coefficient (Wildman–Crippen LogP) is 5.35. The molecule has 1 fully saturated rings. The van der Waals surface area contributed by atoms with Crippen molar-refractivity contribution in [2.45, 2.75) is 57.0 Å². The molecule has 29 heavy (non-hydrogen) atoms. The standard InChI is InChI=1S/C26H37NO2/c1-2-3-4-5-12-17-26(28,24-15-10-7-11-16-24)25(23-13-8-6-9-14-23)22-27-18-20-29-21-19-27/h6-11,13-16,25,28H,2-5,12,17-22H2,1H3/t25-,26-/m0/s1. The lowest BCUT2D eigenvalue weighted by molar-refractivity contribution is -0.0296. The maximum Gasteiger partial charge on any atom is 0.0977 e. The molecule has 0 aromatic heterocycles. The number of hydrogen-bond donors (Lipinski definition) is 1. The molecule has 2 aromatic rings. The van der Waals surface area contributed by atoms with Gasteiger partial charge in [0.25, 0.3) is 0 Å². The van der Waals surface area contributed by atoms with Crippen molar-refractivity contribution in [2.24, 2.45) is 0 Å². The third kappa shape index (κ3) is 6.15. The van der Waals surface area contributed by atoms with Gasteiger partial charge in [0.1, 0.15) is 0 Å². The van der Waals surface area contributed by atoms with Crippen LogP contribution in [0.4, 0.5) is 0 Å². The van der Waals surface area contributed by atoms with Crippen molar-refractivity contribution in [1.82, 2.24) is 4.90 Å². The van der Waals surface area contributed by atoms with Gasteiger partial charge in [-0.25, -0.2) is 0 Å². The summed E-state index contributed by atoms with van der Waals surface area (Å²) in [6, 6.07) is 20.9. The Morgan fingerprint density at radius 1 is 0.897 bits per heavy atom. The van der Waals surface area contributed by atoms with Crippen LogP contribution in [0.15, 0.2) is 60.7 Å². The number of ether oxygens (including phenoxy) is 1. The van der Waals surface area contributed by atoms with Gasteiger partial charge in [-0.2, -0.15) is 0 Å². The summed E-state index contributed by atoms with van der Waals surface area (Å²) in [5, 5.41) is 12.2. The molecule has 3 rings (SSSR count). The second kappa shape index (κ2) is 11.5. The summed E-state index contributed by atoms with van der Waals surface area (Å²) in [4.78, 5) is 2.45. The molecule has 2 aromatic carbocycles. The highest BCUT2D eigenvalue weighted by atomic mass is 16.5. The van der Waals surface area contributed by atoms with E-state index in [1.807, 2.05) is 18.2 Å². The highest BCUT2D eigenvalue weighted by molar-refractivity contribution is 5.31. The van der Waals surface area contributed by atoms with Crippen molar-refractivity contribution in [2.75, 3.05) is 32.8 Å². The Bertz CT molecular complexity index is 684. The van der Waals surface area contributed by atoms with E-state index >= 15 is 0 Å². The molecule has 1 N–H and O–H groups in total. The Morgan fingerprint density at radius 2 is 1.52 bits per heavy atom. The molecule has 0 unspecified atom stereocenters. The van der Waals surface area contributed by atoms with Crippen molar-refractivity contribution in [3.05, 3.63) is 71.8 Å². The van der Waals surface area contributed by atoms with Gasteiger partial charge in [-0.15, -0.1) is 0 Å². The first kappa shape index (κ1) is 22.0. The Labute approximate surface area is 176 Å². The van der Waals surface area contributed by atoms with Crippen LogP contribution in [0.5, 0.6) is 0 Å². The van der Waals surface area contributed by atoms with Gasteiger partial charge in [-0.05, 0) is 17.5 Å². The molecule has 1 saturated heterocycles. The van der Waals surface area contributed by atoms with E-state index in [1.165, 1.54) is 31.2 Å². The summed E-state index contributed by atoms with van der Waals surface area (Å²) in [6.45, 7) is 6.53. The monoisotopic (exact) mass is 395 g/mol. The van der Waals surface area contributed by atoms with Crippen LogP contribution in [-0.4, -0.2) is 42.9 Å². The maximum absolute atomic E-state index is 12.2. The zero-order chi connectivity index (χ0) is 20.4. The minimum absolute atomic E-state index is 0.0374. The van der Waals surface area contributed by atoms with Gasteiger partial charge in [0, 0.05) is 25.6 Å². The molecule has 3 heteroatoms. The molecule has 2 atom stereocenters. The van der Waals surface area contributed by atoms with Crippen molar-refractivity contribution < 1.29 is 9.84 Å². The average Bonchev–Trinajstić information content (AvgIpc) is 2.79. The largest absolute Gasteiger partial charge is 0.384 e. The molecule has 158 valence electrons. The number of morpholine rings is 1. The Morgan fingerprint density at radius 3 is 2.17 bits per heavy atom. The fraction of sp³-hybridized carbons (Fsp3) is 0.538. The molecule has 1 aliphatic heterocycles. The van der Waals surface area contributed by atoms with Gasteiger partial charge >= 0.3 is 0 Å². The highest BCUT2D eigenvalue weighted by Gasteiger charge is 2.39. The maximum atomic E-state index is 12.2. The first-order valence-electron chi connectivity index (χ1n) is 11.4. The number of hydrogen-bond acceptors (Lipinski definition) is 3. The normalized spacial score (nSPS) is 18.3. The van der Waals surface area contributed by atoms with E-state index in [2.05, 4.69) is 54.3 Å². The van der Waals surface area contributed by atoms with Crippen LogP contribution >= 0.6 is 0 Å². The first-order valence-corrected chi connectivity index (χ1v) is 11.4. The number of nitrogens with zero attached hydrogens (tertiary/aromatic N) is 1. The van der Waals surface area contributed by atoms with E-state index in [4.69, 9.17) is 4.74 Å². The highest BCUT2D eigenvalue weighted by Crippen LogP contribution is 2.42. The first-order chi connectivity index (χ1) is 14.2. The fourth-order valence-electron chi connectivity index (χ4n) is 4.50. The van der Waals surface area contributed by atoms with Crippen LogP contribution in [0.25, 0.3) is 0 Å². The Kier molecular flexibility index (Phi) is 8.72. The second-order valence-corrected chi connectivity index (χ2v) is 8.33. The molecule has 0 amide bonds. The van der Waals surface area contributed by atoms with E-state index in [9.17, 15) is 5.11 Å². The minimum Gasteiger partial charge on any atom is -0.384 e. The van der Waals surface area contributed by atoms with Gasteiger partial charge in [-0.3, -0.25) is 4.90 Å². The lowest BCUT2D eigenvalue weighted by Gasteiger charge is -2.41. The molecule has 0 spiro atoms. The quantitative estimate of drug-likeness (QED) is 0.521. The second-order valence-electron chi connectivity index (χ2n) is 8.33. The molecular formula is C26H37NO2. The van der Waals surface area contributed by atoms with Gasteiger partial charge in [-0.1, -0.05) is 99.7 Å². The smallest absolute Gasteiger partial charge is 0.0977 e. The van der Waals surface area contributed by atoms with Crippen molar-refractivity contribution >= 4 is 0 Å². The molecule has 3 nitrogen and oxygen atoms in total. The number of aliphatic hydroxyl groups is 1. The third-order valence-corrected chi connectivity index (χ3v) is 6.26. The van der Waals surface area contributed by atoms with Crippen LogP contribution in [-0.2, 0) is 10.3 Å². The zero-order valence-corrected chi connectivity index (χ0v) is 17.9. The van der Waals surface area contributed by atoms with E-state index in [1.54, 1.807) is 0 Å². The summed E-state index contributed by atoms with van der Waals surface area (Å²) in [7, 11) is 0. The molecule has 0 radical (unpaired) electrons. The molecule has 0 aliphatic carbocycles. The summed E-state index contributed by atoms with van der Waals surface area (Å²) >= 11 is 0. The molecule has 0 bridgehead atoms. The van der Waals surface area contributed by atoms with Crippen LogP contribution in [0.2, 0.25) is 0 Å². The van der Waals surface area contributed by atoms with E-state index < -0.39 is 5.60 Å². The summed E-state index contributed by atoms with van der Waals surface area (Å²) in [5.41, 5.74) is 1.39.